The lowest BCUT2D eigenvalue weighted by Crippen LogP contribution is -2.31. The van der Waals surface area contributed by atoms with Crippen molar-refractivity contribution in [3.8, 4) is 0 Å². The Kier molecular flexibility index (Phi) is 5.66. The number of hydrogen-bond donors (Lipinski definition) is 2. The number of halogens is 2. The van der Waals surface area contributed by atoms with Crippen LogP contribution in [0.25, 0.3) is 0 Å². The molecule has 0 aliphatic heterocycles. The molecule has 0 unspecified atom stereocenters. The third-order valence-electron chi connectivity index (χ3n) is 3.56. The molecular weight excluding hydrogens is 365 g/mol. The van der Waals surface area contributed by atoms with Gasteiger partial charge < -0.3 is 16.4 Å². The maximum atomic E-state index is 12.2. The number of carbonyl (C=O) groups is 3. The summed E-state index contributed by atoms with van der Waals surface area (Å²) < 4.78 is 0. The lowest BCUT2D eigenvalue weighted by atomic mass is 10.1. The molecule has 0 fully saturated rings. The molecule has 0 aliphatic rings. The molecule has 0 saturated heterocycles. The zero-order valence-corrected chi connectivity index (χ0v) is 14.8. The number of rotatable bonds is 5. The van der Waals surface area contributed by atoms with Gasteiger partial charge in [-0.05, 0) is 35.9 Å². The Labute approximate surface area is 154 Å². The Morgan fingerprint density at radius 3 is 2.20 bits per heavy atom. The molecule has 2 aromatic rings. The Morgan fingerprint density at radius 1 is 1.00 bits per heavy atom. The van der Waals surface area contributed by atoms with Gasteiger partial charge in [0.1, 0.15) is 0 Å². The third-order valence-corrected chi connectivity index (χ3v) is 4.15. The Bertz CT molecular complexity index is 868. The molecule has 130 valence electrons. The molecule has 0 atom stereocenters. The van der Waals surface area contributed by atoms with Crippen LogP contribution < -0.4 is 16.4 Å². The van der Waals surface area contributed by atoms with E-state index in [4.69, 9.17) is 34.7 Å². The normalized spacial score (nSPS) is 10.4. The van der Waals surface area contributed by atoms with Crippen LogP contribution in [0.4, 0.5) is 5.69 Å². The van der Waals surface area contributed by atoms with Gasteiger partial charge in [0.05, 0.1) is 17.8 Å². The number of benzene rings is 2. The topological polar surface area (TPSA) is 106 Å². The first-order valence-electron chi connectivity index (χ1n) is 7.16. The number of nitrogens with two attached hydrogens (primary N) is 2. The van der Waals surface area contributed by atoms with Crippen molar-refractivity contribution < 1.29 is 14.4 Å². The maximum absolute atomic E-state index is 12.2. The molecule has 6 nitrogen and oxygen atoms in total. The maximum Gasteiger partial charge on any atom is 0.250 e. The molecule has 2 rings (SSSR count). The SMILES string of the molecule is CC(=O)N(Cc1ccc(Cl)cc1Cl)c1cc(C(N)=O)ccc1C(N)=O. The minimum absolute atomic E-state index is 0.0633. The van der Waals surface area contributed by atoms with Gasteiger partial charge in [-0.25, -0.2) is 0 Å². The van der Waals surface area contributed by atoms with E-state index in [9.17, 15) is 14.4 Å². The highest BCUT2D eigenvalue weighted by Crippen LogP contribution is 2.28. The van der Waals surface area contributed by atoms with Gasteiger partial charge in [-0.3, -0.25) is 14.4 Å². The van der Waals surface area contributed by atoms with Crippen molar-refractivity contribution in [1.82, 2.24) is 0 Å². The van der Waals surface area contributed by atoms with Crippen LogP contribution in [-0.2, 0) is 11.3 Å². The van der Waals surface area contributed by atoms with Crippen molar-refractivity contribution in [2.75, 3.05) is 4.90 Å². The summed E-state index contributed by atoms with van der Waals surface area (Å²) in [5, 5.41) is 0.821. The summed E-state index contributed by atoms with van der Waals surface area (Å²) in [6, 6.07) is 8.94. The molecule has 4 N–H and O–H groups in total. The first kappa shape index (κ1) is 18.8. The van der Waals surface area contributed by atoms with Crippen molar-refractivity contribution in [2.24, 2.45) is 11.5 Å². The predicted octanol–water partition coefficient (Wildman–Crippen LogP) is 2.74. The van der Waals surface area contributed by atoms with Crippen molar-refractivity contribution in [3.05, 3.63) is 63.1 Å². The van der Waals surface area contributed by atoms with E-state index in [1.165, 1.54) is 30.0 Å². The molecule has 0 saturated carbocycles. The number of anilines is 1. The Hall–Kier alpha value is -2.57. The first-order valence-corrected chi connectivity index (χ1v) is 7.92. The Morgan fingerprint density at radius 2 is 1.68 bits per heavy atom. The lowest BCUT2D eigenvalue weighted by molar-refractivity contribution is -0.116. The van der Waals surface area contributed by atoms with Gasteiger partial charge in [0.25, 0.3) is 5.91 Å². The molecule has 0 heterocycles. The minimum Gasteiger partial charge on any atom is -0.366 e. The van der Waals surface area contributed by atoms with E-state index in [-0.39, 0.29) is 29.3 Å². The van der Waals surface area contributed by atoms with Gasteiger partial charge in [-0.2, -0.15) is 0 Å². The zero-order chi connectivity index (χ0) is 18.7. The van der Waals surface area contributed by atoms with Crippen LogP contribution in [0.5, 0.6) is 0 Å². The average Bonchev–Trinajstić information content (AvgIpc) is 2.53. The van der Waals surface area contributed by atoms with Crippen LogP contribution in [0, 0.1) is 0 Å². The van der Waals surface area contributed by atoms with E-state index in [0.29, 0.717) is 15.6 Å². The molecule has 8 heteroatoms. The standard InChI is InChI=1S/C17H15Cl2N3O3/c1-9(23)22(8-11-2-4-12(18)7-14(11)19)15-6-10(16(20)24)3-5-13(15)17(21)25/h2-7H,8H2,1H3,(H2,20,24)(H2,21,25). The highest BCUT2D eigenvalue weighted by atomic mass is 35.5. The zero-order valence-electron chi connectivity index (χ0n) is 13.3. The van der Waals surface area contributed by atoms with E-state index < -0.39 is 11.8 Å². The second kappa shape index (κ2) is 7.55. The summed E-state index contributed by atoms with van der Waals surface area (Å²) in [5.41, 5.74) is 11.7. The molecule has 0 bridgehead atoms. The fraction of sp³-hybridized carbons (Fsp3) is 0.118. The summed E-state index contributed by atoms with van der Waals surface area (Å²) >= 11 is 12.0. The number of amides is 3. The van der Waals surface area contributed by atoms with E-state index in [0.717, 1.165) is 0 Å². The molecule has 3 amide bonds. The second-order valence-corrected chi connectivity index (χ2v) is 6.14. The van der Waals surface area contributed by atoms with Crippen molar-refractivity contribution >= 4 is 46.6 Å². The molecule has 0 aliphatic carbocycles. The smallest absolute Gasteiger partial charge is 0.250 e. The van der Waals surface area contributed by atoms with Crippen LogP contribution in [0.15, 0.2) is 36.4 Å². The highest BCUT2D eigenvalue weighted by molar-refractivity contribution is 6.35. The second-order valence-electron chi connectivity index (χ2n) is 5.30. The van der Waals surface area contributed by atoms with Gasteiger partial charge in [-0.15, -0.1) is 0 Å². The number of carbonyl (C=O) groups excluding carboxylic acids is 3. The molecule has 25 heavy (non-hydrogen) atoms. The van der Waals surface area contributed by atoms with Gasteiger partial charge in [0, 0.05) is 22.5 Å². The number of hydrogen-bond acceptors (Lipinski definition) is 3. The van der Waals surface area contributed by atoms with E-state index in [1.54, 1.807) is 18.2 Å². The summed E-state index contributed by atoms with van der Waals surface area (Å²) in [7, 11) is 0. The monoisotopic (exact) mass is 379 g/mol. The average molecular weight is 380 g/mol. The van der Waals surface area contributed by atoms with Crippen molar-refractivity contribution in [3.63, 3.8) is 0 Å². The third kappa shape index (κ3) is 4.29. The molecule has 0 radical (unpaired) electrons. The van der Waals surface area contributed by atoms with Crippen LogP contribution in [0.2, 0.25) is 10.0 Å². The fourth-order valence-corrected chi connectivity index (χ4v) is 2.77. The molecule has 0 spiro atoms. The van der Waals surface area contributed by atoms with E-state index in [1.807, 2.05) is 0 Å². The molecule has 2 aromatic carbocycles. The summed E-state index contributed by atoms with van der Waals surface area (Å²) in [5.74, 6) is -1.79. The minimum atomic E-state index is -0.737. The first-order chi connectivity index (χ1) is 11.7. The Balaban J connectivity index is 2.56. The fourth-order valence-electron chi connectivity index (χ4n) is 2.30. The van der Waals surface area contributed by atoms with E-state index >= 15 is 0 Å². The van der Waals surface area contributed by atoms with E-state index in [2.05, 4.69) is 0 Å². The summed E-state index contributed by atoms with van der Waals surface area (Å²) in [6.45, 7) is 1.39. The number of primary amides is 2. The predicted molar refractivity (Wildman–Crippen MR) is 96.8 cm³/mol. The molecule has 0 aromatic heterocycles. The van der Waals surface area contributed by atoms with Crippen LogP contribution >= 0.6 is 23.2 Å². The largest absolute Gasteiger partial charge is 0.366 e. The summed E-state index contributed by atoms with van der Waals surface area (Å²) in [4.78, 5) is 36.6. The van der Waals surface area contributed by atoms with Crippen LogP contribution in [0.3, 0.4) is 0 Å². The highest BCUT2D eigenvalue weighted by Gasteiger charge is 2.21. The molecular formula is C17H15Cl2N3O3. The lowest BCUT2D eigenvalue weighted by Gasteiger charge is -2.24. The van der Waals surface area contributed by atoms with Gasteiger partial charge in [-0.1, -0.05) is 29.3 Å². The van der Waals surface area contributed by atoms with Gasteiger partial charge in [0.15, 0.2) is 0 Å². The van der Waals surface area contributed by atoms with Crippen LogP contribution in [0.1, 0.15) is 33.2 Å². The quantitative estimate of drug-likeness (QED) is 0.833. The number of nitrogens with zero attached hydrogens (tertiary/aromatic N) is 1. The van der Waals surface area contributed by atoms with Crippen LogP contribution in [-0.4, -0.2) is 17.7 Å². The van der Waals surface area contributed by atoms with Gasteiger partial charge >= 0.3 is 0 Å². The van der Waals surface area contributed by atoms with Crippen molar-refractivity contribution in [2.45, 2.75) is 13.5 Å². The summed E-state index contributed by atoms with van der Waals surface area (Å²) in [6.07, 6.45) is 0. The van der Waals surface area contributed by atoms with Crippen molar-refractivity contribution in [1.29, 1.82) is 0 Å². The van der Waals surface area contributed by atoms with Gasteiger partial charge in [0.2, 0.25) is 11.8 Å².